The molecule has 1 N–H and O–H groups in total. The van der Waals surface area contributed by atoms with Crippen LogP contribution in [0.2, 0.25) is 0 Å². The molecule has 1 saturated heterocycles. The first-order valence-electron chi connectivity index (χ1n) is 9.60. The third-order valence-corrected chi connectivity index (χ3v) is 4.68. The van der Waals surface area contributed by atoms with Gasteiger partial charge in [0.2, 0.25) is 0 Å². The SMILES string of the molecule is CCOc1ccc(NC(=O)N2CCN(c3ccc(-n4cccn4)nn3)CC2)cc1. The Hall–Kier alpha value is -3.62. The molecule has 4 rings (SSSR count). The van der Waals surface area contributed by atoms with E-state index in [1.54, 1.807) is 15.8 Å². The molecule has 0 spiro atoms. The summed E-state index contributed by atoms with van der Waals surface area (Å²) in [6.45, 7) is 5.19. The summed E-state index contributed by atoms with van der Waals surface area (Å²) < 4.78 is 7.09. The van der Waals surface area contributed by atoms with E-state index < -0.39 is 0 Å². The Bertz CT molecular complexity index is 918. The molecule has 0 unspecified atom stereocenters. The third-order valence-electron chi connectivity index (χ3n) is 4.68. The average molecular weight is 393 g/mol. The highest BCUT2D eigenvalue weighted by Gasteiger charge is 2.22. The van der Waals surface area contributed by atoms with Crippen molar-refractivity contribution in [1.82, 2.24) is 24.9 Å². The van der Waals surface area contributed by atoms with Gasteiger partial charge >= 0.3 is 6.03 Å². The number of hydrogen-bond donors (Lipinski definition) is 1. The molecule has 3 heterocycles. The number of carbonyl (C=O) groups excluding carboxylic acids is 1. The van der Waals surface area contributed by atoms with Crippen LogP contribution in [-0.4, -0.2) is 63.7 Å². The zero-order valence-corrected chi connectivity index (χ0v) is 16.2. The Morgan fingerprint density at radius 3 is 2.38 bits per heavy atom. The van der Waals surface area contributed by atoms with Crippen molar-refractivity contribution < 1.29 is 9.53 Å². The van der Waals surface area contributed by atoms with Gasteiger partial charge in [-0.25, -0.2) is 9.48 Å². The van der Waals surface area contributed by atoms with Crippen LogP contribution in [0.25, 0.3) is 5.82 Å². The van der Waals surface area contributed by atoms with Crippen molar-refractivity contribution >= 4 is 17.5 Å². The highest BCUT2D eigenvalue weighted by molar-refractivity contribution is 5.89. The fraction of sp³-hybridized carbons (Fsp3) is 0.300. The summed E-state index contributed by atoms with van der Waals surface area (Å²) >= 11 is 0. The van der Waals surface area contributed by atoms with E-state index in [4.69, 9.17) is 4.74 Å². The minimum atomic E-state index is -0.103. The smallest absolute Gasteiger partial charge is 0.321 e. The van der Waals surface area contributed by atoms with Crippen LogP contribution in [0.15, 0.2) is 54.9 Å². The van der Waals surface area contributed by atoms with Crippen molar-refractivity contribution in [3.63, 3.8) is 0 Å². The number of aromatic nitrogens is 4. The van der Waals surface area contributed by atoms with Crippen LogP contribution < -0.4 is 15.0 Å². The number of piperazine rings is 1. The fourth-order valence-electron chi connectivity index (χ4n) is 3.16. The van der Waals surface area contributed by atoms with Gasteiger partial charge in [-0.3, -0.25) is 0 Å². The van der Waals surface area contributed by atoms with Crippen molar-refractivity contribution in [2.24, 2.45) is 0 Å². The van der Waals surface area contributed by atoms with Crippen molar-refractivity contribution in [1.29, 1.82) is 0 Å². The molecule has 9 heteroatoms. The van der Waals surface area contributed by atoms with Gasteiger partial charge in [0.05, 0.1) is 6.61 Å². The maximum Gasteiger partial charge on any atom is 0.321 e. The zero-order valence-electron chi connectivity index (χ0n) is 16.2. The molecule has 1 aromatic carbocycles. The van der Waals surface area contributed by atoms with Crippen LogP contribution in [0.4, 0.5) is 16.3 Å². The number of urea groups is 1. The van der Waals surface area contributed by atoms with Crippen LogP contribution in [0, 0.1) is 0 Å². The van der Waals surface area contributed by atoms with Gasteiger partial charge in [-0.15, -0.1) is 10.2 Å². The molecule has 0 radical (unpaired) electrons. The number of amides is 2. The molecular weight excluding hydrogens is 370 g/mol. The molecule has 1 fully saturated rings. The van der Waals surface area contributed by atoms with Gasteiger partial charge in [0.25, 0.3) is 0 Å². The third kappa shape index (κ3) is 4.45. The number of nitrogens with zero attached hydrogens (tertiary/aromatic N) is 6. The predicted molar refractivity (Wildman–Crippen MR) is 110 cm³/mol. The van der Waals surface area contributed by atoms with Crippen molar-refractivity contribution in [2.75, 3.05) is 43.0 Å². The molecule has 0 aliphatic carbocycles. The molecular formula is C20H23N7O2. The van der Waals surface area contributed by atoms with Gasteiger partial charge in [0.15, 0.2) is 11.6 Å². The van der Waals surface area contributed by atoms with Crippen LogP contribution in [0.3, 0.4) is 0 Å². The highest BCUT2D eigenvalue weighted by atomic mass is 16.5. The van der Waals surface area contributed by atoms with E-state index in [2.05, 4.69) is 25.5 Å². The van der Waals surface area contributed by atoms with Crippen molar-refractivity contribution in [3.8, 4) is 11.6 Å². The number of anilines is 2. The second-order valence-corrected chi connectivity index (χ2v) is 6.56. The Balaban J connectivity index is 1.30. The minimum Gasteiger partial charge on any atom is -0.494 e. The summed E-state index contributed by atoms with van der Waals surface area (Å²) in [5.41, 5.74) is 0.751. The lowest BCUT2D eigenvalue weighted by atomic mass is 10.3. The molecule has 3 aromatic rings. The van der Waals surface area contributed by atoms with Gasteiger partial charge in [0.1, 0.15) is 5.75 Å². The first kappa shape index (κ1) is 18.7. The zero-order chi connectivity index (χ0) is 20.1. The van der Waals surface area contributed by atoms with E-state index in [-0.39, 0.29) is 6.03 Å². The highest BCUT2D eigenvalue weighted by Crippen LogP contribution is 2.17. The van der Waals surface area contributed by atoms with E-state index >= 15 is 0 Å². The van der Waals surface area contributed by atoms with Gasteiger partial charge in [-0.1, -0.05) is 0 Å². The Labute approximate surface area is 168 Å². The van der Waals surface area contributed by atoms with Gasteiger partial charge < -0.3 is 19.9 Å². The van der Waals surface area contributed by atoms with Gasteiger partial charge in [-0.05, 0) is 49.4 Å². The summed E-state index contributed by atoms with van der Waals surface area (Å²) in [4.78, 5) is 16.5. The largest absolute Gasteiger partial charge is 0.494 e. The maximum absolute atomic E-state index is 12.5. The normalized spacial score (nSPS) is 14.0. The van der Waals surface area contributed by atoms with Gasteiger partial charge in [-0.2, -0.15) is 5.10 Å². The number of nitrogens with one attached hydrogen (secondary N) is 1. The van der Waals surface area contributed by atoms with E-state index in [0.717, 1.165) is 17.3 Å². The Morgan fingerprint density at radius 1 is 1.03 bits per heavy atom. The second kappa shape index (κ2) is 8.59. The molecule has 29 heavy (non-hydrogen) atoms. The molecule has 2 aromatic heterocycles. The van der Waals surface area contributed by atoms with Gasteiger partial charge in [0, 0.05) is 44.3 Å². The Kier molecular flexibility index (Phi) is 5.55. The second-order valence-electron chi connectivity index (χ2n) is 6.56. The number of ether oxygens (including phenoxy) is 1. The molecule has 150 valence electrons. The summed E-state index contributed by atoms with van der Waals surface area (Å²) in [5, 5.41) is 15.6. The van der Waals surface area contributed by atoms with Crippen molar-refractivity contribution in [3.05, 3.63) is 54.9 Å². The van der Waals surface area contributed by atoms with Crippen LogP contribution >= 0.6 is 0 Å². The predicted octanol–water partition coefficient (Wildman–Crippen LogP) is 2.42. The summed E-state index contributed by atoms with van der Waals surface area (Å²) in [6.07, 6.45) is 3.53. The quantitative estimate of drug-likeness (QED) is 0.716. The Morgan fingerprint density at radius 2 is 1.76 bits per heavy atom. The van der Waals surface area contributed by atoms with Crippen LogP contribution in [-0.2, 0) is 0 Å². The standard InChI is InChI=1S/C20H23N7O2/c1-2-29-17-6-4-16(5-7-17)22-20(28)26-14-12-25(13-15-26)18-8-9-19(24-23-18)27-11-3-10-21-27/h3-11H,2,12-15H2,1H3,(H,22,28). The van der Waals surface area contributed by atoms with Crippen molar-refractivity contribution in [2.45, 2.75) is 6.92 Å². The monoisotopic (exact) mass is 393 g/mol. The maximum atomic E-state index is 12.5. The number of benzene rings is 1. The molecule has 9 nitrogen and oxygen atoms in total. The van der Waals surface area contributed by atoms with E-state index in [9.17, 15) is 4.79 Å². The molecule has 1 aliphatic rings. The molecule has 0 atom stereocenters. The van der Waals surface area contributed by atoms with E-state index in [0.29, 0.717) is 38.6 Å². The van der Waals surface area contributed by atoms with Crippen LogP contribution in [0.5, 0.6) is 5.75 Å². The molecule has 2 amide bonds. The first-order chi connectivity index (χ1) is 14.2. The summed E-state index contributed by atoms with van der Waals surface area (Å²) in [5.74, 6) is 2.26. The average Bonchev–Trinajstić information content (AvgIpc) is 3.31. The molecule has 0 bridgehead atoms. The first-order valence-corrected chi connectivity index (χ1v) is 9.60. The lowest BCUT2D eigenvalue weighted by molar-refractivity contribution is 0.208. The lowest BCUT2D eigenvalue weighted by Crippen LogP contribution is -2.50. The lowest BCUT2D eigenvalue weighted by Gasteiger charge is -2.35. The molecule has 1 aliphatic heterocycles. The summed E-state index contributed by atoms with van der Waals surface area (Å²) in [6, 6.07) is 12.9. The number of carbonyl (C=O) groups is 1. The fourth-order valence-corrected chi connectivity index (χ4v) is 3.16. The van der Waals surface area contributed by atoms with E-state index in [1.807, 2.05) is 55.6 Å². The minimum absolute atomic E-state index is 0.103. The summed E-state index contributed by atoms with van der Waals surface area (Å²) in [7, 11) is 0. The van der Waals surface area contributed by atoms with E-state index in [1.165, 1.54) is 0 Å². The van der Waals surface area contributed by atoms with Crippen LogP contribution in [0.1, 0.15) is 6.92 Å². The topological polar surface area (TPSA) is 88.4 Å². The molecule has 0 saturated carbocycles. The number of hydrogen-bond acceptors (Lipinski definition) is 6. The number of rotatable bonds is 5.